The lowest BCUT2D eigenvalue weighted by molar-refractivity contribution is -0.117. The third-order valence-electron chi connectivity index (χ3n) is 11.2. The van der Waals surface area contributed by atoms with Crippen LogP contribution in [0.15, 0.2) is 101 Å². The van der Waals surface area contributed by atoms with E-state index in [1.807, 2.05) is 79.2 Å². The Hall–Kier alpha value is -6.99. The molecule has 0 aliphatic carbocycles. The number of benzene rings is 5. The molecule has 0 bridgehead atoms. The van der Waals surface area contributed by atoms with E-state index in [1.165, 1.54) is 14.2 Å². The number of fused-ring (bicyclic) bond motifs is 8. The summed E-state index contributed by atoms with van der Waals surface area (Å²) in [6.07, 6.45) is 5.01. The van der Waals surface area contributed by atoms with Gasteiger partial charge < -0.3 is 29.6 Å². The van der Waals surface area contributed by atoms with E-state index in [0.29, 0.717) is 64.0 Å². The van der Waals surface area contributed by atoms with Gasteiger partial charge in [-0.2, -0.15) is 0 Å². The largest absolute Gasteiger partial charge is 0.493 e. The zero-order chi connectivity index (χ0) is 40.8. The van der Waals surface area contributed by atoms with Gasteiger partial charge in [-0.1, -0.05) is 36.4 Å². The predicted octanol–water partition coefficient (Wildman–Crippen LogP) is 6.98. The Morgan fingerprint density at radius 3 is 1.63 bits per heavy atom. The number of ether oxygens (including phenoxy) is 4. The first-order valence-corrected chi connectivity index (χ1v) is 19.4. The fraction of sp³-hybridized carbons (Fsp3) is 0.239. The van der Waals surface area contributed by atoms with Crippen molar-refractivity contribution in [3.05, 3.63) is 124 Å². The number of nitrogens with one attached hydrogen (secondary N) is 2. The average molecular weight is 791 g/mol. The molecule has 4 aliphatic rings. The number of hydrogen-bond acceptors (Lipinski definition) is 10. The molecule has 5 aromatic rings. The first-order valence-electron chi connectivity index (χ1n) is 19.4. The minimum atomic E-state index is -0.442. The van der Waals surface area contributed by atoms with Crippen LogP contribution in [0.25, 0.3) is 0 Å². The number of amides is 3. The highest BCUT2D eigenvalue weighted by Gasteiger charge is 2.38. The summed E-state index contributed by atoms with van der Waals surface area (Å²) in [7, 11) is 4.78. The van der Waals surface area contributed by atoms with Crippen LogP contribution in [-0.2, 0) is 30.8 Å². The molecule has 9 rings (SSSR count). The Labute approximate surface area is 341 Å². The molecule has 59 heavy (non-hydrogen) atoms. The second-order valence-corrected chi connectivity index (χ2v) is 14.9. The Morgan fingerprint density at radius 2 is 1.17 bits per heavy atom. The summed E-state index contributed by atoms with van der Waals surface area (Å²) in [6.45, 7) is 1.95. The summed E-state index contributed by atoms with van der Waals surface area (Å²) < 4.78 is 24.2. The summed E-state index contributed by atoms with van der Waals surface area (Å²) in [6, 6.07) is 27.4. The highest BCUT2D eigenvalue weighted by Crippen LogP contribution is 2.43. The van der Waals surface area contributed by atoms with Crippen LogP contribution in [0.2, 0.25) is 0 Å². The van der Waals surface area contributed by atoms with E-state index in [9.17, 15) is 14.4 Å². The second-order valence-electron chi connectivity index (χ2n) is 14.9. The van der Waals surface area contributed by atoms with Crippen molar-refractivity contribution in [2.45, 2.75) is 51.1 Å². The topological polar surface area (TPSA) is 143 Å². The van der Waals surface area contributed by atoms with Crippen LogP contribution in [0.3, 0.4) is 0 Å². The average Bonchev–Trinajstić information content (AvgIpc) is 3.75. The fourth-order valence-corrected chi connectivity index (χ4v) is 8.08. The minimum absolute atomic E-state index is 0.0903. The predicted molar refractivity (Wildman–Crippen MR) is 226 cm³/mol. The standard InChI is InChI=1S/C46H42N6O7/c1-26(47-2)44(53)50-31-14-27(24-58-42-20-36-34(18-40(42)56-3)45(54)51-32(22-48-36)16-29-9-5-7-11-38(29)51)13-28(15-31)25-59-43-21-37-35(19-41(43)57-4)46(55)52-33(23-49-37)17-30-10-6-8-12-39(30)52/h5-15,18-23,26,32-33,47H,16-17,24-25H2,1-4H3,(H,50,53)/t26?,32-,33?/m0/s1. The number of aliphatic imine (C=N–C) groups is 2. The quantitative estimate of drug-likeness (QED) is 0.146. The molecule has 2 N–H and O–H groups in total. The Bertz CT molecular complexity index is 2430. The van der Waals surface area contributed by atoms with Crippen molar-refractivity contribution in [3.63, 3.8) is 0 Å². The second kappa shape index (κ2) is 15.4. The van der Waals surface area contributed by atoms with E-state index in [1.54, 1.807) is 48.0 Å². The molecule has 3 amide bonds. The molecule has 4 heterocycles. The highest BCUT2D eigenvalue weighted by molar-refractivity contribution is 6.16. The fourth-order valence-electron chi connectivity index (χ4n) is 8.08. The first-order chi connectivity index (χ1) is 28.7. The maximum absolute atomic E-state index is 13.9. The third-order valence-corrected chi connectivity index (χ3v) is 11.2. The molecule has 0 saturated carbocycles. The number of rotatable bonds is 11. The number of hydrogen-bond donors (Lipinski definition) is 2. The van der Waals surface area contributed by atoms with Crippen LogP contribution in [0.5, 0.6) is 23.0 Å². The van der Waals surface area contributed by atoms with E-state index in [0.717, 1.165) is 33.6 Å². The minimum Gasteiger partial charge on any atom is -0.493 e. The van der Waals surface area contributed by atoms with E-state index in [4.69, 9.17) is 28.9 Å². The summed E-state index contributed by atoms with van der Waals surface area (Å²) in [5.74, 6) is 1.06. The summed E-state index contributed by atoms with van der Waals surface area (Å²) >= 11 is 0. The van der Waals surface area contributed by atoms with Crippen LogP contribution < -0.4 is 39.4 Å². The molecule has 5 aromatic carbocycles. The van der Waals surface area contributed by atoms with Crippen LogP contribution in [0.1, 0.15) is 49.9 Å². The van der Waals surface area contributed by atoms with Gasteiger partial charge in [-0.3, -0.25) is 34.2 Å². The van der Waals surface area contributed by atoms with Crippen LogP contribution in [0, 0.1) is 0 Å². The lowest BCUT2D eigenvalue weighted by Gasteiger charge is -2.22. The summed E-state index contributed by atoms with van der Waals surface area (Å²) in [4.78, 5) is 53.9. The number of anilines is 3. The van der Waals surface area contributed by atoms with Crippen molar-refractivity contribution in [2.75, 3.05) is 36.4 Å². The monoisotopic (exact) mass is 790 g/mol. The zero-order valence-electron chi connectivity index (χ0n) is 33.0. The lowest BCUT2D eigenvalue weighted by Crippen LogP contribution is -2.37. The molecule has 4 aliphatic heterocycles. The molecule has 0 saturated heterocycles. The van der Waals surface area contributed by atoms with Crippen molar-refractivity contribution in [2.24, 2.45) is 9.98 Å². The molecule has 0 spiro atoms. The number of carbonyl (C=O) groups is 3. The van der Waals surface area contributed by atoms with E-state index >= 15 is 0 Å². The van der Waals surface area contributed by atoms with Crippen molar-refractivity contribution in [1.82, 2.24) is 5.32 Å². The Kier molecular flexibility index (Phi) is 9.81. The van der Waals surface area contributed by atoms with Crippen molar-refractivity contribution < 1.29 is 33.3 Å². The van der Waals surface area contributed by atoms with Gasteiger partial charge in [0.25, 0.3) is 11.8 Å². The number of para-hydroxylation sites is 2. The Balaban J connectivity index is 0.974. The molecule has 0 radical (unpaired) electrons. The van der Waals surface area contributed by atoms with Gasteiger partial charge >= 0.3 is 0 Å². The van der Waals surface area contributed by atoms with Gasteiger partial charge in [-0.05, 0) is 78.7 Å². The van der Waals surface area contributed by atoms with Crippen LogP contribution in [-0.4, -0.2) is 69.5 Å². The van der Waals surface area contributed by atoms with Gasteiger partial charge in [0.15, 0.2) is 23.0 Å². The highest BCUT2D eigenvalue weighted by atomic mass is 16.5. The molecule has 298 valence electrons. The van der Waals surface area contributed by atoms with Crippen LogP contribution in [0.4, 0.5) is 28.4 Å². The van der Waals surface area contributed by atoms with Gasteiger partial charge in [-0.25, -0.2) is 0 Å². The SMILES string of the molecule is CNC(C)C(=O)Nc1cc(COc2cc3c(cc2OC)C(=O)N2c4ccccc4CC2C=N3)cc(COc2cc3c(cc2OC)C(=O)N2c4ccccc4C[C@H]2C=N3)c1. The van der Waals surface area contributed by atoms with Gasteiger partial charge in [0.2, 0.25) is 5.91 Å². The first kappa shape index (κ1) is 37.6. The number of likely N-dealkylation sites (N-methyl/N-ethyl adjacent to an activating group) is 1. The molecule has 3 atom stereocenters. The van der Waals surface area contributed by atoms with Crippen molar-refractivity contribution >= 4 is 58.6 Å². The van der Waals surface area contributed by atoms with E-state index in [2.05, 4.69) is 10.6 Å². The van der Waals surface area contributed by atoms with Crippen molar-refractivity contribution in [3.8, 4) is 23.0 Å². The number of methoxy groups -OCH3 is 2. The molecule has 0 aromatic heterocycles. The summed E-state index contributed by atoms with van der Waals surface area (Å²) in [5, 5.41) is 5.96. The number of nitrogens with zero attached hydrogens (tertiary/aromatic N) is 4. The molecular weight excluding hydrogens is 749 g/mol. The van der Waals surface area contributed by atoms with Gasteiger partial charge in [0.05, 0.1) is 54.8 Å². The van der Waals surface area contributed by atoms with Crippen molar-refractivity contribution in [1.29, 1.82) is 0 Å². The molecule has 0 fully saturated rings. The maximum Gasteiger partial charge on any atom is 0.261 e. The normalized spacial score (nSPS) is 17.4. The van der Waals surface area contributed by atoms with E-state index in [-0.39, 0.29) is 43.0 Å². The molecule has 2 unspecified atom stereocenters. The smallest absolute Gasteiger partial charge is 0.261 e. The van der Waals surface area contributed by atoms with Gasteiger partial charge in [0.1, 0.15) is 13.2 Å². The molecule has 13 heteroatoms. The zero-order valence-corrected chi connectivity index (χ0v) is 33.0. The van der Waals surface area contributed by atoms with Gasteiger partial charge in [-0.15, -0.1) is 0 Å². The molecular formula is C46H42N6O7. The summed E-state index contributed by atoms with van der Waals surface area (Å²) in [5.41, 5.74) is 7.79. The molecule has 13 nitrogen and oxygen atoms in total. The maximum atomic E-state index is 13.9. The van der Waals surface area contributed by atoms with Gasteiger partial charge in [0, 0.05) is 54.5 Å². The Morgan fingerprint density at radius 1 is 0.695 bits per heavy atom. The van der Waals surface area contributed by atoms with E-state index < -0.39 is 6.04 Å². The lowest BCUT2D eigenvalue weighted by atomic mass is 10.1. The number of carbonyl (C=O) groups excluding carboxylic acids is 3. The van der Waals surface area contributed by atoms with Crippen LogP contribution >= 0.6 is 0 Å². The third kappa shape index (κ3) is 6.93.